The van der Waals surface area contributed by atoms with Gasteiger partial charge in [-0.1, -0.05) is 35.5 Å². The Labute approximate surface area is 138 Å². The maximum Gasteiger partial charge on any atom is 0.276 e. The maximum atomic E-state index is 12.7. The summed E-state index contributed by atoms with van der Waals surface area (Å²) in [6.45, 7) is 0. The van der Waals surface area contributed by atoms with Crippen molar-refractivity contribution in [3.05, 3.63) is 64.7 Å². The van der Waals surface area contributed by atoms with Gasteiger partial charge in [0, 0.05) is 13.1 Å². The number of amides is 1. The number of aryl methyl sites for hydroxylation is 1. The summed E-state index contributed by atoms with van der Waals surface area (Å²) < 4.78 is 5.33. The Hall–Kier alpha value is -2.40. The van der Waals surface area contributed by atoms with E-state index in [-0.39, 0.29) is 11.9 Å². The van der Waals surface area contributed by atoms with Gasteiger partial charge in [-0.15, -0.1) is 11.3 Å². The van der Waals surface area contributed by atoms with E-state index in [1.54, 1.807) is 22.3 Å². The zero-order valence-corrected chi connectivity index (χ0v) is 13.5. The molecular weight excluding hydrogens is 308 g/mol. The minimum atomic E-state index is -0.0988. The molecule has 0 aliphatic heterocycles. The summed E-state index contributed by atoms with van der Waals surface area (Å²) in [7, 11) is 1.84. The first kappa shape index (κ1) is 14.2. The van der Waals surface area contributed by atoms with E-state index in [0.717, 1.165) is 17.7 Å². The molecule has 116 valence electrons. The van der Waals surface area contributed by atoms with Crippen molar-refractivity contribution in [1.82, 2.24) is 10.1 Å². The Morgan fingerprint density at radius 2 is 2.17 bits per heavy atom. The molecule has 4 nitrogen and oxygen atoms in total. The number of hydrogen-bond donors (Lipinski definition) is 0. The van der Waals surface area contributed by atoms with Crippen LogP contribution in [-0.2, 0) is 6.42 Å². The van der Waals surface area contributed by atoms with Crippen molar-refractivity contribution >= 4 is 17.2 Å². The third kappa shape index (κ3) is 2.47. The molecule has 1 aliphatic carbocycles. The minimum absolute atomic E-state index is 0.0988. The number of hydrogen-bond acceptors (Lipinski definition) is 4. The predicted octanol–water partition coefficient (Wildman–Crippen LogP) is 4.16. The first-order valence-electron chi connectivity index (χ1n) is 7.59. The molecule has 0 bridgehead atoms. The molecule has 2 aromatic heterocycles. The molecule has 0 spiro atoms. The lowest BCUT2D eigenvalue weighted by molar-refractivity contribution is 0.0720. The normalized spacial score (nSPS) is 16.3. The van der Waals surface area contributed by atoms with Crippen molar-refractivity contribution in [3.8, 4) is 10.6 Å². The molecule has 1 unspecified atom stereocenters. The first-order valence-corrected chi connectivity index (χ1v) is 8.47. The number of rotatable bonds is 3. The summed E-state index contributed by atoms with van der Waals surface area (Å²) in [5.74, 6) is 0.543. The minimum Gasteiger partial charge on any atom is -0.355 e. The molecule has 0 radical (unpaired) electrons. The number of nitrogens with zero attached hydrogens (tertiary/aromatic N) is 2. The summed E-state index contributed by atoms with van der Waals surface area (Å²) >= 11 is 1.57. The summed E-state index contributed by atoms with van der Waals surface area (Å²) in [6, 6.07) is 14.1. The fourth-order valence-corrected chi connectivity index (χ4v) is 3.84. The molecule has 1 aromatic carbocycles. The van der Waals surface area contributed by atoms with Gasteiger partial charge in [0.1, 0.15) is 0 Å². The highest BCUT2D eigenvalue weighted by Gasteiger charge is 2.30. The van der Waals surface area contributed by atoms with Crippen molar-refractivity contribution in [1.29, 1.82) is 0 Å². The predicted molar refractivity (Wildman–Crippen MR) is 89.4 cm³/mol. The van der Waals surface area contributed by atoms with Gasteiger partial charge in [-0.05, 0) is 35.4 Å². The molecule has 0 saturated carbocycles. The molecular formula is C18H16N2O2S. The van der Waals surface area contributed by atoms with E-state index in [4.69, 9.17) is 4.52 Å². The van der Waals surface area contributed by atoms with E-state index in [9.17, 15) is 4.79 Å². The third-order valence-corrected chi connectivity index (χ3v) is 5.27. The molecule has 3 aromatic rings. The standard InChI is InChI=1S/C18H16N2O2S/c1-20(15-9-8-12-5-2-3-6-13(12)15)18(21)14-11-16(22-19-14)17-7-4-10-23-17/h2-7,10-11,15H,8-9H2,1H3. The molecule has 0 fully saturated rings. The van der Waals surface area contributed by atoms with Crippen LogP contribution in [0.4, 0.5) is 0 Å². The van der Waals surface area contributed by atoms with Gasteiger partial charge in [0.15, 0.2) is 11.5 Å². The molecule has 1 aliphatic rings. The second kappa shape index (κ2) is 5.66. The molecule has 1 atom stereocenters. The Morgan fingerprint density at radius 1 is 1.30 bits per heavy atom. The van der Waals surface area contributed by atoms with Crippen molar-refractivity contribution in [2.45, 2.75) is 18.9 Å². The third-order valence-electron chi connectivity index (χ3n) is 4.38. The van der Waals surface area contributed by atoms with Crippen LogP contribution in [0.5, 0.6) is 0 Å². The van der Waals surface area contributed by atoms with Crippen LogP contribution < -0.4 is 0 Å². The Kier molecular flexibility index (Phi) is 3.50. The monoisotopic (exact) mass is 324 g/mol. The SMILES string of the molecule is CN(C(=O)c1cc(-c2cccs2)on1)C1CCc2ccccc21. The summed E-state index contributed by atoms with van der Waals surface area (Å²) in [4.78, 5) is 15.5. The topological polar surface area (TPSA) is 46.3 Å². The fourth-order valence-electron chi connectivity index (χ4n) is 3.17. The van der Waals surface area contributed by atoms with Crippen LogP contribution >= 0.6 is 11.3 Å². The number of carbonyl (C=O) groups excluding carboxylic acids is 1. The first-order chi connectivity index (χ1) is 11.2. The Bertz CT molecular complexity index is 838. The lowest BCUT2D eigenvalue weighted by Gasteiger charge is -2.24. The van der Waals surface area contributed by atoms with Gasteiger partial charge >= 0.3 is 0 Å². The second-order valence-corrected chi connectivity index (χ2v) is 6.67. The fraction of sp³-hybridized carbons (Fsp3) is 0.222. The number of thiophene rings is 1. The van der Waals surface area contributed by atoms with E-state index < -0.39 is 0 Å². The highest BCUT2D eigenvalue weighted by molar-refractivity contribution is 7.13. The van der Waals surface area contributed by atoms with E-state index in [2.05, 4.69) is 17.3 Å². The zero-order chi connectivity index (χ0) is 15.8. The van der Waals surface area contributed by atoms with Crippen LogP contribution in [-0.4, -0.2) is 23.0 Å². The molecule has 4 rings (SSSR count). The van der Waals surface area contributed by atoms with Crippen LogP contribution in [0.1, 0.15) is 34.1 Å². The van der Waals surface area contributed by atoms with Gasteiger partial charge in [-0.3, -0.25) is 4.79 Å². The molecule has 0 saturated heterocycles. The van der Waals surface area contributed by atoms with E-state index in [1.807, 2.05) is 36.7 Å². The number of benzene rings is 1. The Balaban J connectivity index is 1.58. The average molecular weight is 324 g/mol. The lowest BCUT2D eigenvalue weighted by atomic mass is 10.1. The summed E-state index contributed by atoms with van der Waals surface area (Å²) in [6.07, 6.45) is 1.97. The smallest absolute Gasteiger partial charge is 0.276 e. The van der Waals surface area contributed by atoms with Gasteiger partial charge in [0.05, 0.1) is 10.9 Å². The van der Waals surface area contributed by atoms with Crippen molar-refractivity contribution in [2.24, 2.45) is 0 Å². The molecule has 1 amide bonds. The zero-order valence-electron chi connectivity index (χ0n) is 12.7. The summed E-state index contributed by atoms with van der Waals surface area (Å²) in [5.41, 5.74) is 2.93. The van der Waals surface area contributed by atoms with Crippen LogP contribution in [0.2, 0.25) is 0 Å². The van der Waals surface area contributed by atoms with Crippen molar-refractivity contribution < 1.29 is 9.32 Å². The number of carbonyl (C=O) groups is 1. The van der Waals surface area contributed by atoms with Crippen LogP contribution in [0.3, 0.4) is 0 Å². The van der Waals surface area contributed by atoms with E-state index >= 15 is 0 Å². The number of aromatic nitrogens is 1. The van der Waals surface area contributed by atoms with Gasteiger partial charge in [-0.2, -0.15) is 0 Å². The average Bonchev–Trinajstić information content (AvgIpc) is 3.32. The van der Waals surface area contributed by atoms with Gasteiger partial charge in [0.25, 0.3) is 5.91 Å². The Morgan fingerprint density at radius 3 is 3.00 bits per heavy atom. The maximum absolute atomic E-state index is 12.7. The molecule has 2 heterocycles. The molecule has 5 heteroatoms. The molecule has 0 N–H and O–H groups in total. The number of fused-ring (bicyclic) bond motifs is 1. The van der Waals surface area contributed by atoms with Crippen LogP contribution in [0, 0.1) is 0 Å². The van der Waals surface area contributed by atoms with Crippen LogP contribution in [0.25, 0.3) is 10.6 Å². The quantitative estimate of drug-likeness (QED) is 0.726. The highest BCUT2D eigenvalue weighted by atomic mass is 32.1. The van der Waals surface area contributed by atoms with Gasteiger partial charge in [0.2, 0.25) is 0 Å². The second-order valence-electron chi connectivity index (χ2n) is 5.72. The van der Waals surface area contributed by atoms with E-state index in [1.165, 1.54) is 11.1 Å². The van der Waals surface area contributed by atoms with Crippen LogP contribution in [0.15, 0.2) is 52.4 Å². The van der Waals surface area contributed by atoms with Crippen molar-refractivity contribution in [3.63, 3.8) is 0 Å². The van der Waals surface area contributed by atoms with Crippen molar-refractivity contribution in [2.75, 3.05) is 7.05 Å². The van der Waals surface area contributed by atoms with Gasteiger partial charge in [-0.25, -0.2) is 0 Å². The highest BCUT2D eigenvalue weighted by Crippen LogP contribution is 2.35. The molecule has 23 heavy (non-hydrogen) atoms. The lowest BCUT2D eigenvalue weighted by Crippen LogP contribution is -2.30. The largest absolute Gasteiger partial charge is 0.355 e. The van der Waals surface area contributed by atoms with E-state index in [0.29, 0.717) is 11.5 Å². The summed E-state index contributed by atoms with van der Waals surface area (Å²) in [5, 5.41) is 5.93. The van der Waals surface area contributed by atoms with Gasteiger partial charge < -0.3 is 9.42 Å².